The molecule has 2 N–H and O–H groups in total. The van der Waals surface area contributed by atoms with Crippen LogP contribution in [0.25, 0.3) is 5.82 Å². The maximum Gasteiger partial charge on any atom is 0.311 e. The van der Waals surface area contributed by atoms with Gasteiger partial charge in [0.2, 0.25) is 0 Å². The summed E-state index contributed by atoms with van der Waals surface area (Å²) < 4.78 is 14.6. The number of carbonyl (C=O) groups excluding carboxylic acids is 1. The number of pyridine rings is 1. The van der Waals surface area contributed by atoms with E-state index in [0.717, 1.165) is 5.69 Å². The highest BCUT2D eigenvalue weighted by molar-refractivity contribution is 6.03. The lowest BCUT2D eigenvalue weighted by molar-refractivity contribution is -0.645. The Morgan fingerprint density at radius 3 is 2.68 bits per heavy atom. The summed E-state index contributed by atoms with van der Waals surface area (Å²) in [6.07, 6.45) is 1.67. The Balaban J connectivity index is 1.90. The fraction of sp³-hybridized carbons (Fsp3) is 0.0625. The van der Waals surface area contributed by atoms with Crippen molar-refractivity contribution in [3.8, 4) is 5.82 Å². The van der Waals surface area contributed by atoms with Crippen LogP contribution in [0.2, 0.25) is 0 Å². The molecule has 0 aliphatic rings. The van der Waals surface area contributed by atoms with Crippen molar-refractivity contribution in [1.29, 1.82) is 0 Å². The number of hydrogen-bond acceptors (Lipinski definition) is 2. The molecule has 6 heteroatoms. The smallest absolute Gasteiger partial charge is 0.251 e. The molecule has 0 aliphatic carbocycles. The topological polar surface area (TPSA) is 61.7 Å². The third-order valence-electron chi connectivity index (χ3n) is 3.11. The number of carbonyl (C=O) groups is 1. The minimum Gasteiger partial charge on any atom is -0.251 e. The van der Waals surface area contributed by atoms with E-state index >= 15 is 0 Å². The standard InChI is InChI=1S/C16H13FN4O/c1-11-10-15(21(20-11)14-4-2-3-9-18-14)19-16(22)12-5-7-13(17)8-6-12/h2-10H,1H3,(H,19,20,22)/p+1. The van der Waals surface area contributed by atoms with Crippen molar-refractivity contribution in [1.82, 2.24) is 10.1 Å². The molecule has 0 fully saturated rings. The molecule has 0 saturated heterocycles. The van der Waals surface area contributed by atoms with Gasteiger partial charge in [-0.05, 0) is 37.3 Å². The zero-order chi connectivity index (χ0) is 15.5. The predicted octanol–water partition coefficient (Wildman–Crippen LogP) is 2.39. The molecule has 0 saturated carbocycles. The molecule has 5 nitrogen and oxygen atoms in total. The van der Waals surface area contributed by atoms with Crippen molar-refractivity contribution in [2.45, 2.75) is 6.92 Å². The number of halogens is 1. The second-order valence-corrected chi connectivity index (χ2v) is 4.81. The lowest BCUT2D eigenvalue weighted by Gasteiger charge is -2.01. The average molecular weight is 297 g/mol. The molecule has 0 spiro atoms. The van der Waals surface area contributed by atoms with Crippen LogP contribution >= 0.6 is 0 Å². The van der Waals surface area contributed by atoms with Gasteiger partial charge in [-0.3, -0.25) is 4.79 Å². The molecule has 3 aromatic rings. The van der Waals surface area contributed by atoms with E-state index in [1.165, 1.54) is 24.3 Å². The molecule has 0 radical (unpaired) electrons. The minimum atomic E-state index is -0.377. The van der Waals surface area contributed by atoms with E-state index in [0.29, 0.717) is 17.2 Å². The minimum absolute atomic E-state index is 0.316. The van der Waals surface area contributed by atoms with Crippen LogP contribution in [0.3, 0.4) is 0 Å². The summed E-state index contributed by atoms with van der Waals surface area (Å²) in [5.41, 5.74) is 1.26. The summed E-state index contributed by atoms with van der Waals surface area (Å²) >= 11 is 0. The van der Waals surface area contributed by atoms with E-state index in [1.807, 2.05) is 25.1 Å². The highest BCUT2D eigenvalue weighted by Gasteiger charge is 2.18. The summed E-state index contributed by atoms with van der Waals surface area (Å²) in [6.45, 7) is 1.88. The van der Waals surface area contributed by atoms with Gasteiger partial charge in [-0.2, -0.15) is 0 Å². The number of amides is 1. The normalized spacial score (nSPS) is 10.5. The van der Waals surface area contributed by atoms with Crippen LogP contribution < -0.4 is 10.00 Å². The predicted molar refractivity (Wildman–Crippen MR) is 79.2 cm³/mol. The Labute approximate surface area is 126 Å². The Morgan fingerprint density at radius 2 is 2.00 bits per heavy atom. The van der Waals surface area contributed by atoms with Crippen molar-refractivity contribution in [3.63, 3.8) is 0 Å². The van der Waals surface area contributed by atoms with Gasteiger partial charge in [-0.15, -0.1) is 9.67 Å². The lowest BCUT2D eigenvalue weighted by Crippen LogP contribution is -2.37. The molecule has 0 bridgehead atoms. The molecule has 22 heavy (non-hydrogen) atoms. The summed E-state index contributed by atoms with van der Waals surface area (Å²) in [6, 6.07) is 12.7. The summed E-state index contributed by atoms with van der Waals surface area (Å²) in [4.78, 5) is 16.5. The highest BCUT2D eigenvalue weighted by atomic mass is 19.1. The van der Waals surface area contributed by atoms with Gasteiger partial charge in [-0.25, -0.2) is 14.8 Å². The maximum absolute atomic E-state index is 12.9. The first-order valence-corrected chi connectivity index (χ1v) is 6.73. The Bertz CT molecular complexity index is 797. The molecule has 1 aromatic carbocycles. The van der Waals surface area contributed by atoms with Gasteiger partial charge in [0.15, 0.2) is 0 Å². The first-order valence-electron chi connectivity index (χ1n) is 6.73. The fourth-order valence-electron chi connectivity index (χ4n) is 2.09. The largest absolute Gasteiger partial charge is 0.311 e. The second-order valence-electron chi connectivity index (χ2n) is 4.81. The van der Waals surface area contributed by atoms with Crippen LogP contribution in [0.15, 0.2) is 54.7 Å². The van der Waals surface area contributed by atoms with Crippen molar-refractivity contribution in [2.75, 3.05) is 5.32 Å². The Morgan fingerprint density at radius 1 is 1.23 bits per heavy atom. The van der Waals surface area contributed by atoms with Gasteiger partial charge < -0.3 is 0 Å². The Kier molecular flexibility index (Phi) is 3.65. The van der Waals surface area contributed by atoms with Crippen molar-refractivity contribution in [2.24, 2.45) is 0 Å². The monoisotopic (exact) mass is 297 g/mol. The SMILES string of the molecule is Cc1cc(NC(=O)c2ccc(F)cc2)[n+](-c2ccccn2)[nH]1. The van der Waals surface area contributed by atoms with Crippen molar-refractivity contribution in [3.05, 3.63) is 71.8 Å². The molecule has 2 heterocycles. The van der Waals surface area contributed by atoms with E-state index in [9.17, 15) is 9.18 Å². The highest BCUT2D eigenvalue weighted by Crippen LogP contribution is 2.09. The van der Waals surface area contributed by atoms with E-state index in [2.05, 4.69) is 15.4 Å². The van der Waals surface area contributed by atoms with Gasteiger partial charge in [0, 0.05) is 17.8 Å². The molecule has 0 unspecified atom stereocenters. The van der Waals surface area contributed by atoms with Crippen LogP contribution in [-0.4, -0.2) is 16.0 Å². The van der Waals surface area contributed by atoms with Gasteiger partial charge in [-0.1, -0.05) is 6.07 Å². The first-order chi connectivity index (χ1) is 10.6. The quantitative estimate of drug-likeness (QED) is 0.729. The number of benzene rings is 1. The average Bonchev–Trinajstić information content (AvgIpc) is 2.89. The number of aromatic amines is 1. The third-order valence-corrected chi connectivity index (χ3v) is 3.11. The van der Waals surface area contributed by atoms with E-state index < -0.39 is 0 Å². The van der Waals surface area contributed by atoms with E-state index in [4.69, 9.17) is 0 Å². The Hall–Kier alpha value is -3.02. The molecule has 2 aromatic heterocycles. The number of rotatable bonds is 3. The molecule has 0 aliphatic heterocycles. The summed E-state index contributed by atoms with van der Waals surface area (Å²) in [7, 11) is 0. The molecule has 3 rings (SSSR count). The van der Waals surface area contributed by atoms with E-state index in [-0.39, 0.29) is 11.7 Å². The third kappa shape index (κ3) is 2.85. The van der Waals surface area contributed by atoms with Gasteiger partial charge >= 0.3 is 5.91 Å². The van der Waals surface area contributed by atoms with Crippen LogP contribution in [0, 0.1) is 12.7 Å². The van der Waals surface area contributed by atoms with Crippen LogP contribution in [0.4, 0.5) is 10.2 Å². The van der Waals surface area contributed by atoms with Crippen LogP contribution in [0.1, 0.15) is 16.1 Å². The number of aromatic nitrogens is 3. The van der Waals surface area contributed by atoms with Gasteiger partial charge in [0.25, 0.3) is 11.6 Å². The van der Waals surface area contributed by atoms with Gasteiger partial charge in [0.1, 0.15) is 12.0 Å². The van der Waals surface area contributed by atoms with Crippen LogP contribution in [0.5, 0.6) is 0 Å². The molecule has 1 amide bonds. The number of hydrogen-bond donors (Lipinski definition) is 2. The fourth-order valence-corrected chi connectivity index (χ4v) is 2.09. The zero-order valence-electron chi connectivity index (χ0n) is 11.9. The molecular weight excluding hydrogens is 283 g/mol. The molecular formula is C16H14FN4O+. The number of aryl methyl sites for hydroxylation is 1. The lowest BCUT2D eigenvalue weighted by atomic mass is 10.2. The van der Waals surface area contributed by atoms with Crippen LogP contribution in [-0.2, 0) is 0 Å². The number of nitrogens with one attached hydrogen (secondary N) is 2. The van der Waals surface area contributed by atoms with Gasteiger partial charge in [0.05, 0.1) is 5.56 Å². The number of nitrogens with zero attached hydrogens (tertiary/aromatic N) is 2. The van der Waals surface area contributed by atoms with Crippen molar-refractivity contribution < 1.29 is 13.9 Å². The maximum atomic E-state index is 12.9. The van der Waals surface area contributed by atoms with Crippen molar-refractivity contribution >= 4 is 11.7 Å². The second kappa shape index (κ2) is 5.77. The summed E-state index contributed by atoms with van der Waals surface area (Å²) in [5, 5.41) is 5.90. The summed E-state index contributed by atoms with van der Waals surface area (Å²) in [5.74, 6) is 0.525. The molecule has 110 valence electrons. The first kappa shape index (κ1) is 13.9. The van der Waals surface area contributed by atoms with E-state index in [1.54, 1.807) is 16.9 Å². The zero-order valence-corrected chi connectivity index (χ0v) is 11.9. The molecule has 0 atom stereocenters. The number of H-pyrrole nitrogens is 1. The number of anilines is 1.